The monoisotopic (exact) mass is 332 g/mol. The third-order valence-electron chi connectivity index (χ3n) is 3.73. The quantitative estimate of drug-likeness (QED) is 0.614. The predicted molar refractivity (Wildman–Crippen MR) is 93.5 cm³/mol. The molecule has 1 aromatic carbocycles. The van der Waals surface area contributed by atoms with Crippen LogP contribution in [0.2, 0.25) is 0 Å². The number of hydrogen-bond donors (Lipinski definition) is 1. The first kappa shape index (κ1) is 17.1. The van der Waals surface area contributed by atoms with E-state index in [0.29, 0.717) is 16.1 Å². The number of nitro benzene ring substituents is 1. The Labute approximate surface area is 139 Å². The zero-order chi connectivity index (χ0) is 17.0. The van der Waals surface area contributed by atoms with E-state index in [1.165, 1.54) is 27.8 Å². The van der Waals surface area contributed by atoms with E-state index in [-0.39, 0.29) is 11.6 Å². The molecule has 1 N–H and O–H groups in total. The maximum absolute atomic E-state index is 12.5. The molecule has 1 amide bonds. The fraction of sp³-hybridized carbons (Fsp3) is 0.353. The molecule has 2 rings (SSSR count). The number of aryl methyl sites for hydroxylation is 2. The summed E-state index contributed by atoms with van der Waals surface area (Å²) in [6.07, 6.45) is 2.91. The van der Waals surface area contributed by atoms with E-state index in [1.807, 2.05) is 6.07 Å². The number of thiophene rings is 1. The molecule has 6 heteroatoms. The lowest BCUT2D eigenvalue weighted by atomic mass is 10.1. The van der Waals surface area contributed by atoms with Crippen molar-refractivity contribution in [3.8, 4) is 0 Å². The topological polar surface area (TPSA) is 72.2 Å². The normalized spacial score (nSPS) is 10.6. The van der Waals surface area contributed by atoms with Crippen LogP contribution in [0.3, 0.4) is 0 Å². The van der Waals surface area contributed by atoms with Gasteiger partial charge in [-0.15, -0.1) is 11.3 Å². The lowest BCUT2D eigenvalue weighted by molar-refractivity contribution is -0.385. The number of carbonyl (C=O) groups is 1. The summed E-state index contributed by atoms with van der Waals surface area (Å²) in [6.45, 7) is 5.83. The third-order valence-corrected chi connectivity index (χ3v) is 4.96. The van der Waals surface area contributed by atoms with Crippen LogP contribution in [-0.4, -0.2) is 10.8 Å². The molecule has 122 valence electrons. The maximum atomic E-state index is 12.5. The Morgan fingerprint density at radius 2 is 2.09 bits per heavy atom. The molecule has 0 saturated carbocycles. The van der Waals surface area contributed by atoms with Crippen LogP contribution in [0.5, 0.6) is 0 Å². The SMILES string of the molecule is CCCc1sc(C(=O)Nc2cccc([N+](=O)[O-])c2C)cc1CC. The average Bonchev–Trinajstić information content (AvgIpc) is 2.92. The van der Waals surface area contributed by atoms with Crippen molar-refractivity contribution in [1.29, 1.82) is 0 Å². The molecule has 0 bridgehead atoms. The zero-order valence-corrected chi connectivity index (χ0v) is 14.3. The smallest absolute Gasteiger partial charge is 0.274 e. The van der Waals surface area contributed by atoms with Gasteiger partial charge in [0.05, 0.1) is 21.1 Å². The molecule has 0 fully saturated rings. The minimum absolute atomic E-state index is 0.00917. The molecule has 23 heavy (non-hydrogen) atoms. The largest absolute Gasteiger partial charge is 0.321 e. The van der Waals surface area contributed by atoms with Gasteiger partial charge in [-0.25, -0.2) is 0 Å². The minimum Gasteiger partial charge on any atom is -0.321 e. The van der Waals surface area contributed by atoms with Crippen molar-refractivity contribution in [2.45, 2.75) is 40.0 Å². The molecule has 0 radical (unpaired) electrons. The van der Waals surface area contributed by atoms with Gasteiger partial charge in [0.15, 0.2) is 0 Å². The van der Waals surface area contributed by atoms with Gasteiger partial charge in [0.25, 0.3) is 11.6 Å². The van der Waals surface area contributed by atoms with Gasteiger partial charge in [0.1, 0.15) is 0 Å². The first-order valence-corrected chi connectivity index (χ1v) is 8.46. The number of anilines is 1. The molecule has 0 aliphatic heterocycles. The summed E-state index contributed by atoms with van der Waals surface area (Å²) in [6, 6.07) is 6.62. The molecule has 1 heterocycles. The van der Waals surface area contributed by atoms with Crippen LogP contribution in [0.25, 0.3) is 0 Å². The van der Waals surface area contributed by atoms with Crippen molar-refractivity contribution in [3.63, 3.8) is 0 Å². The number of rotatable bonds is 6. The Kier molecular flexibility index (Phi) is 5.50. The van der Waals surface area contributed by atoms with Crippen molar-refractivity contribution in [2.24, 2.45) is 0 Å². The second-order valence-corrected chi connectivity index (χ2v) is 6.46. The summed E-state index contributed by atoms with van der Waals surface area (Å²) < 4.78 is 0. The number of nitrogens with zero attached hydrogens (tertiary/aromatic N) is 1. The van der Waals surface area contributed by atoms with Crippen LogP contribution >= 0.6 is 11.3 Å². The molecule has 0 saturated heterocycles. The van der Waals surface area contributed by atoms with Crippen LogP contribution in [-0.2, 0) is 12.8 Å². The highest BCUT2D eigenvalue weighted by Crippen LogP contribution is 2.28. The summed E-state index contributed by atoms with van der Waals surface area (Å²) in [5.74, 6) is -0.212. The lowest BCUT2D eigenvalue weighted by Crippen LogP contribution is -2.11. The molecule has 5 nitrogen and oxygen atoms in total. The average molecular weight is 332 g/mol. The first-order valence-electron chi connectivity index (χ1n) is 7.64. The van der Waals surface area contributed by atoms with Gasteiger partial charge in [-0.2, -0.15) is 0 Å². The molecular formula is C17H20N2O3S. The Hall–Kier alpha value is -2.21. The first-order chi connectivity index (χ1) is 11.0. The Morgan fingerprint density at radius 3 is 2.70 bits per heavy atom. The third kappa shape index (κ3) is 3.76. The van der Waals surface area contributed by atoms with E-state index in [0.717, 1.165) is 19.3 Å². The zero-order valence-electron chi connectivity index (χ0n) is 13.5. The summed E-state index contributed by atoms with van der Waals surface area (Å²) in [5.41, 5.74) is 2.16. The van der Waals surface area contributed by atoms with Crippen LogP contribution in [0.15, 0.2) is 24.3 Å². The molecular weight excluding hydrogens is 312 g/mol. The van der Waals surface area contributed by atoms with Crippen LogP contribution in [0.4, 0.5) is 11.4 Å². The Morgan fingerprint density at radius 1 is 1.35 bits per heavy atom. The van der Waals surface area contributed by atoms with Crippen molar-refractivity contribution in [2.75, 3.05) is 5.32 Å². The molecule has 0 spiro atoms. The molecule has 0 aliphatic carbocycles. The second kappa shape index (κ2) is 7.37. The van der Waals surface area contributed by atoms with E-state index < -0.39 is 4.92 Å². The van der Waals surface area contributed by atoms with Gasteiger partial charge in [-0.3, -0.25) is 14.9 Å². The molecule has 1 aromatic heterocycles. The summed E-state index contributed by atoms with van der Waals surface area (Å²) in [7, 11) is 0. The van der Waals surface area contributed by atoms with Crippen LogP contribution in [0, 0.1) is 17.0 Å². The minimum atomic E-state index is -0.440. The second-order valence-electron chi connectivity index (χ2n) is 5.32. The standard InChI is InChI=1S/C17H20N2O3S/c1-4-7-15-12(5-2)10-16(23-15)17(20)18-13-8-6-9-14(11(13)3)19(21)22/h6,8-10H,4-5,7H2,1-3H3,(H,18,20). The number of benzene rings is 1. The molecule has 0 atom stereocenters. The predicted octanol–water partition coefficient (Wildman–Crippen LogP) is 4.73. The van der Waals surface area contributed by atoms with E-state index in [4.69, 9.17) is 0 Å². The van der Waals surface area contributed by atoms with Crippen molar-refractivity contribution >= 4 is 28.6 Å². The lowest BCUT2D eigenvalue weighted by Gasteiger charge is -2.07. The van der Waals surface area contributed by atoms with E-state index in [1.54, 1.807) is 19.1 Å². The summed E-state index contributed by atoms with van der Waals surface area (Å²) in [5, 5.41) is 13.8. The maximum Gasteiger partial charge on any atom is 0.274 e. The summed E-state index contributed by atoms with van der Waals surface area (Å²) in [4.78, 5) is 24.9. The molecule has 0 aliphatic rings. The summed E-state index contributed by atoms with van der Waals surface area (Å²) >= 11 is 1.51. The van der Waals surface area contributed by atoms with Gasteiger partial charge < -0.3 is 5.32 Å². The van der Waals surface area contributed by atoms with Crippen molar-refractivity contribution < 1.29 is 9.72 Å². The van der Waals surface area contributed by atoms with E-state index >= 15 is 0 Å². The van der Waals surface area contributed by atoms with Gasteiger partial charge >= 0.3 is 0 Å². The number of hydrogen-bond acceptors (Lipinski definition) is 4. The fourth-order valence-electron chi connectivity index (χ4n) is 2.46. The van der Waals surface area contributed by atoms with Crippen molar-refractivity contribution in [1.82, 2.24) is 0 Å². The molecule has 0 unspecified atom stereocenters. The van der Waals surface area contributed by atoms with E-state index in [2.05, 4.69) is 19.2 Å². The van der Waals surface area contributed by atoms with Gasteiger partial charge in [0.2, 0.25) is 0 Å². The highest BCUT2D eigenvalue weighted by molar-refractivity contribution is 7.14. The fourth-order valence-corrected chi connectivity index (χ4v) is 3.71. The Balaban J connectivity index is 2.26. The highest BCUT2D eigenvalue weighted by Gasteiger charge is 2.17. The highest BCUT2D eigenvalue weighted by atomic mass is 32.1. The van der Waals surface area contributed by atoms with Crippen LogP contribution in [0.1, 0.15) is 45.9 Å². The van der Waals surface area contributed by atoms with Crippen LogP contribution < -0.4 is 5.32 Å². The number of nitrogens with one attached hydrogen (secondary N) is 1. The number of carbonyl (C=O) groups excluding carboxylic acids is 1. The number of nitro groups is 1. The number of amides is 1. The van der Waals surface area contributed by atoms with Gasteiger partial charge in [-0.1, -0.05) is 26.3 Å². The van der Waals surface area contributed by atoms with Crippen molar-refractivity contribution in [3.05, 3.63) is 55.3 Å². The Bertz CT molecular complexity index is 737. The van der Waals surface area contributed by atoms with Gasteiger partial charge in [0, 0.05) is 10.9 Å². The van der Waals surface area contributed by atoms with E-state index in [9.17, 15) is 14.9 Å². The molecule has 2 aromatic rings. The van der Waals surface area contributed by atoms with Gasteiger partial charge in [-0.05, 0) is 37.5 Å².